The molecule has 0 saturated carbocycles. The van der Waals surface area contributed by atoms with E-state index in [1.807, 2.05) is 18.2 Å². The van der Waals surface area contributed by atoms with Crippen LogP contribution in [-0.2, 0) is 23.6 Å². The largest absolute Gasteiger partial charge is 0.274 e. The highest BCUT2D eigenvalue weighted by molar-refractivity contribution is 9.10. The van der Waals surface area contributed by atoms with E-state index in [1.54, 1.807) is 30.9 Å². The average Bonchev–Trinajstić information content (AvgIpc) is 3.04. The fraction of sp³-hybridized carbons (Fsp3) is 0.200. The van der Waals surface area contributed by atoms with E-state index in [-0.39, 0.29) is 10.7 Å². The average molecular weight is 445 g/mol. The number of hydrogen-bond donors (Lipinski definition) is 1. The Hall–Kier alpha value is -1.84. The lowest BCUT2D eigenvalue weighted by molar-refractivity contribution is 0.600. The molecule has 2 heterocycles. The van der Waals surface area contributed by atoms with Crippen molar-refractivity contribution in [1.29, 1.82) is 0 Å². The zero-order valence-corrected chi connectivity index (χ0v) is 16.6. The third kappa shape index (κ3) is 3.88. The van der Waals surface area contributed by atoms with E-state index in [2.05, 4.69) is 30.8 Å². The lowest BCUT2D eigenvalue weighted by Crippen LogP contribution is -2.14. The molecule has 0 aliphatic heterocycles. The van der Waals surface area contributed by atoms with Crippen LogP contribution in [0.4, 0.5) is 5.82 Å². The minimum atomic E-state index is -3.78. The highest BCUT2D eigenvalue weighted by Gasteiger charge is 2.22. The maximum Gasteiger partial charge on any atom is 0.266 e. The number of nitrogens with one attached hydrogen (secondary N) is 1. The monoisotopic (exact) mass is 443 g/mol. The first-order valence-corrected chi connectivity index (χ1v) is 9.91. The molecule has 25 heavy (non-hydrogen) atoms. The standard InChI is InChI=1S/C15H15BrClN5O2S/c1-10-14(9-21(2)18-10)25(23,24)20-15-12(16)8-22(19-15)7-11-5-3-4-6-13(11)17/h3-6,8-9H,7H2,1-2H3,(H,19,20). The molecule has 3 rings (SSSR count). The molecule has 10 heteroatoms. The van der Waals surface area contributed by atoms with Crippen molar-refractivity contribution in [2.75, 3.05) is 4.72 Å². The number of nitrogens with zero attached hydrogens (tertiary/aromatic N) is 4. The van der Waals surface area contributed by atoms with E-state index < -0.39 is 10.0 Å². The third-order valence-electron chi connectivity index (χ3n) is 3.50. The summed E-state index contributed by atoms with van der Waals surface area (Å²) >= 11 is 9.49. The molecule has 7 nitrogen and oxygen atoms in total. The molecule has 0 amide bonds. The van der Waals surface area contributed by atoms with Gasteiger partial charge in [0.1, 0.15) is 4.90 Å². The molecule has 0 saturated heterocycles. The van der Waals surface area contributed by atoms with Crippen molar-refractivity contribution < 1.29 is 8.42 Å². The summed E-state index contributed by atoms with van der Waals surface area (Å²) in [7, 11) is -2.11. The van der Waals surface area contributed by atoms with Crippen LogP contribution in [0.25, 0.3) is 0 Å². The third-order valence-corrected chi connectivity index (χ3v) is 5.89. The lowest BCUT2D eigenvalue weighted by atomic mass is 10.2. The number of aromatic nitrogens is 4. The van der Waals surface area contributed by atoms with Gasteiger partial charge in [-0.1, -0.05) is 29.8 Å². The van der Waals surface area contributed by atoms with Crippen molar-refractivity contribution in [3.05, 3.63) is 57.4 Å². The van der Waals surface area contributed by atoms with Gasteiger partial charge in [0.15, 0.2) is 5.82 Å². The molecule has 0 aliphatic carbocycles. The molecule has 132 valence electrons. The number of anilines is 1. The Morgan fingerprint density at radius 2 is 1.96 bits per heavy atom. The second-order valence-corrected chi connectivity index (χ2v) is 8.38. The lowest BCUT2D eigenvalue weighted by Gasteiger charge is -2.05. The van der Waals surface area contributed by atoms with Gasteiger partial charge < -0.3 is 0 Å². The number of hydrogen-bond acceptors (Lipinski definition) is 4. The summed E-state index contributed by atoms with van der Waals surface area (Å²) in [6, 6.07) is 7.42. The van der Waals surface area contributed by atoms with Crippen LogP contribution >= 0.6 is 27.5 Å². The Balaban J connectivity index is 1.86. The van der Waals surface area contributed by atoms with Gasteiger partial charge >= 0.3 is 0 Å². The Morgan fingerprint density at radius 1 is 1.24 bits per heavy atom. The van der Waals surface area contributed by atoms with Crippen LogP contribution in [0.15, 0.2) is 46.0 Å². The minimum Gasteiger partial charge on any atom is -0.274 e. The molecule has 1 N–H and O–H groups in total. The van der Waals surface area contributed by atoms with Crippen LogP contribution < -0.4 is 4.72 Å². The summed E-state index contributed by atoms with van der Waals surface area (Å²) in [5, 5.41) is 8.97. The molecular formula is C15H15BrClN5O2S. The van der Waals surface area contributed by atoms with Crippen LogP contribution in [0, 0.1) is 6.92 Å². The van der Waals surface area contributed by atoms with Crippen LogP contribution in [0.3, 0.4) is 0 Å². The molecule has 0 unspecified atom stereocenters. The van der Waals surface area contributed by atoms with E-state index in [0.29, 0.717) is 21.7 Å². The quantitative estimate of drug-likeness (QED) is 0.655. The fourth-order valence-corrected chi connectivity index (χ4v) is 4.35. The molecule has 0 fully saturated rings. The first kappa shape index (κ1) is 18.0. The fourth-order valence-electron chi connectivity index (χ4n) is 2.37. The first-order valence-electron chi connectivity index (χ1n) is 7.25. The van der Waals surface area contributed by atoms with E-state index in [0.717, 1.165) is 5.56 Å². The van der Waals surface area contributed by atoms with Gasteiger partial charge in [-0.15, -0.1) is 0 Å². The summed E-state index contributed by atoms with van der Waals surface area (Å²) < 4.78 is 31.2. The minimum absolute atomic E-state index is 0.113. The first-order chi connectivity index (χ1) is 11.8. The second-order valence-electron chi connectivity index (χ2n) is 5.47. The Kier molecular flexibility index (Phi) is 4.90. The summed E-state index contributed by atoms with van der Waals surface area (Å²) in [5.41, 5.74) is 1.30. The zero-order chi connectivity index (χ0) is 18.2. The van der Waals surface area contributed by atoms with Gasteiger partial charge in [0.25, 0.3) is 10.0 Å². The molecule has 0 aliphatic rings. The van der Waals surface area contributed by atoms with Crippen LogP contribution in [0.1, 0.15) is 11.3 Å². The van der Waals surface area contributed by atoms with E-state index in [4.69, 9.17) is 11.6 Å². The van der Waals surface area contributed by atoms with Crippen molar-refractivity contribution in [2.45, 2.75) is 18.4 Å². The van der Waals surface area contributed by atoms with Crippen LogP contribution in [0.5, 0.6) is 0 Å². The number of sulfonamides is 1. The summed E-state index contributed by atoms with van der Waals surface area (Å²) in [5.74, 6) is 0.204. The van der Waals surface area contributed by atoms with Crippen molar-refractivity contribution in [1.82, 2.24) is 19.6 Å². The summed E-state index contributed by atoms with van der Waals surface area (Å²) in [6.07, 6.45) is 3.14. The van der Waals surface area contributed by atoms with Crippen molar-refractivity contribution in [2.24, 2.45) is 7.05 Å². The van der Waals surface area contributed by atoms with E-state index >= 15 is 0 Å². The molecule has 0 spiro atoms. The van der Waals surface area contributed by atoms with Crippen molar-refractivity contribution >= 4 is 43.4 Å². The SMILES string of the molecule is Cc1nn(C)cc1S(=O)(=O)Nc1nn(Cc2ccccc2Cl)cc1Br. The Morgan fingerprint density at radius 3 is 2.60 bits per heavy atom. The van der Waals surface area contributed by atoms with E-state index in [1.165, 1.54) is 10.9 Å². The second kappa shape index (κ2) is 6.81. The highest BCUT2D eigenvalue weighted by atomic mass is 79.9. The molecule has 0 radical (unpaired) electrons. The van der Waals surface area contributed by atoms with Gasteiger partial charge in [-0.05, 0) is 34.5 Å². The van der Waals surface area contributed by atoms with Crippen molar-refractivity contribution in [3.63, 3.8) is 0 Å². The van der Waals surface area contributed by atoms with Gasteiger partial charge in [-0.2, -0.15) is 10.2 Å². The molecular weight excluding hydrogens is 430 g/mol. The van der Waals surface area contributed by atoms with Gasteiger partial charge in [-0.25, -0.2) is 8.42 Å². The maximum atomic E-state index is 12.6. The number of aryl methyl sites for hydroxylation is 2. The molecule has 2 aromatic heterocycles. The topological polar surface area (TPSA) is 81.8 Å². The van der Waals surface area contributed by atoms with Gasteiger partial charge in [-0.3, -0.25) is 14.1 Å². The van der Waals surface area contributed by atoms with Gasteiger partial charge in [0.05, 0.1) is 16.7 Å². The normalized spacial score (nSPS) is 11.7. The molecule has 3 aromatic rings. The van der Waals surface area contributed by atoms with Gasteiger partial charge in [0, 0.05) is 24.5 Å². The predicted molar refractivity (Wildman–Crippen MR) is 99.2 cm³/mol. The Labute approximate surface area is 158 Å². The predicted octanol–water partition coefficient (Wildman–Crippen LogP) is 3.19. The summed E-state index contributed by atoms with van der Waals surface area (Å²) in [6.45, 7) is 2.06. The number of halogens is 2. The molecule has 0 atom stereocenters. The number of benzene rings is 1. The highest BCUT2D eigenvalue weighted by Crippen LogP contribution is 2.25. The van der Waals surface area contributed by atoms with Gasteiger partial charge in [0.2, 0.25) is 0 Å². The maximum absolute atomic E-state index is 12.6. The van der Waals surface area contributed by atoms with Crippen LogP contribution in [0.2, 0.25) is 5.02 Å². The van der Waals surface area contributed by atoms with Crippen LogP contribution in [-0.4, -0.2) is 28.0 Å². The molecule has 0 bridgehead atoms. The smallest absolute Gasteiger partial charge is 0.266 e. The van der Waals surface area contributed by atoms with Crippen molar-refractivity contribution in [3.8, 4) is 0 Å². The number of rotatable bonds is 5. The summed E-state index contributed by atoms with van der Waals surface area (Å²) in [4.78, 5) is 0.113. The van der Waals surface area contributed by atoms with E-state index in [9.17, 15) is 8.42 Å². The zero-order valence-electron chi connectivity index (χ0n) is 13.4. The molecule has 1 aromatic carbocycles. The Bertz CT molecular complexity index is 1030.